The molecule has 0 unspecified atom stereocenters. The van der Waals surface area contributed by atoms with Crippen molar-refractivity contribution in [1.82, 2.24) is 0 Å². The highest BCUT2D eigenvalue weighted by molar-refractivity contribution is 5.95. The van der Waals surface area contributed by atoms with Crippen LogP contribution in [0.15, 0.2) is 30.9 Å². The number of carbonyl (C=O) groups excluding carboxylic acids is 1. The highest BCUT2D eigenvalue weighted by Gasteiger charge is 2.10. The van der Waals surface area contributed by atoms with Crippen LogP contribution in [0.1, 0.15) is 10.4 Å². The van der Waals surface area contributed by atoms with Crippen molar-refractivity contribution in [1.29, 1.82) is 0 Å². The molecular formula is C10H10FNO2. The van der Waals surface area contributed by atoms with Crippen LogP contribution < -0.4 is 5.73 Å². The first-order valence-corrected chi connectivity index (χ1v) is 3.98. The lowest BCUT2D eigenvalue weighted by Gasteiger charge is -2.04. The van der Waals surface area contributed by atoms with Gasteiger partial charge in [-0.2, -0.15) is 0 Å². The third-order valence-electron chi connectivity index (χ3n) is 1.57. The van der Waals surface area contributed by atoms with Crippen molar-refractivity contribution in [3.05, 3.63) is 42.2 Å². The number of rotatable bonds is 3. The molecule has 0 aromatic heterocycles. The van der Waals surface area contributed by atoms with Crippen molar-refractivity contribution in [2.45, 2.75) is 0 Å². The molecule has 0 atom stereocenters. The molecule has 0 bridgehead atoms. The number of anilines is 1. The number of carbonyl (C=O) groups is 1. The molecule has 0 fully saturated rings. The van der Waals surface area contributed by atoms with E-state index in [1.165, 1.54) is 12.1 Å². The Kier molecular flexibility index (Phi) is 3.23. The lowest BCUT2D eigenvalue weighted by molar-refractivity contribution is 0.0551. The van der Waals surface area contributed by atoms with Crippen molar-refractivity contribution in [2.75, 3.05) is 12.3 Å². The van der Waals surface area contributed by atoms with Gasteiger partial charge in [0.2, 0.25) is 0 Å². The molecule has 3 nitrogen and oxygen atoms in total. The molecule has 1 rings (SSSR count). The summed E-state index contributed by atoms with van der Waals surface area (Å²) in [5.41, 5.74) is 5.66. The maximum Gasteiger partial charge on any atom is 0.340 e. The van der Waals surface area contributed by atoms with Crippen molar-refractivity contribution >= 4 is 11.7 Å². The Bertz CT molecular complexity index is 363. The minimum Gasteiger partial charge on any atom is -0.458 e. The zero-order chi connectivity index (χ0) is 10.6. The van der Waals surface area contributed by atoms with E-state index in [1.807, 2.05) is 0 Å². The predicted molar refractivity (Wildman–Crippen MR) is 51.3 cm³/mol. The fourth-order valence-corrected chi connectivity index (χ4v) is 0.932. The summed E-state index contributed by atoms with van der Waals surface area (Å²) in [4.78, 5) is 11.3. The number of esters is 1. The van der Waals surface area contributed by atoms with Gasteiger partial charge in [0.25, 0.3) is 0 Å². The van der Waals surface area contributed by atoms with E-state index in [0.717, 1.165) is 12.1 Å². The highest BCUT2D eigenvalue weighted by Crippen LogP contribution is 2.14. The van der Waals surface area contributed by atoms with E-state index in [9.17, 15) is 9.18 Å². The lowest BCUT2D eigenvalue weighted by Crippen LogP contribution is -2.08. The van der Waals surface area contributed by atoms with Gasteiger partial charge in [-0.05, 0) is 18.2 Å². The summed E-state index contributed by atoms with van der Waals surface area (Å²) in [6.07, 6.45) is 1.44. The second-order valence-electron chi connectivity index (χ2n) is 2.62. The molecule has 0 aliphatic rings. The van der Waals surface area contributed by atoms with Gasteiger partial charge in [-0.1, -0.05) is 12.7 Å². The monoisotopic (exact) mass is 195 g/mol. The first-order valence-electron chi connectivity index (χ1n) is 3.98. The average molecular weight is 195 g/mol. The molecule has 2 N–H and O–H groups in total. The quantitative estimate of drug-likeness (QED) is 0.454. The van der Waals surface area contributed by atoms with Crippen molar-refractivity contribution in [3.8, 4) is 0 Å². The van der Waals surface area contributed by atoms with Crippen LogP contribution in [0.4, 0.5) is 10.1 Å². The van der Waals surface area contributed by atoms with E-state index in [-0.39, 0.29) is 17.9 Å². The normalized spacial score (nSPS) is 9.50. The molecule has 0 aliphatic heterocycles. The van der Waals surface area contributed by atoms with Gasteiger partial charge in [-0.15, -0.1) is 0 Å². The molecule has 0 heterocycles. The highest BCUT2D eigenvalue weighted by atomic mass is 19.1. The predicted octanol–water partition coefficient (Wildman–Crippen LogP) is 1.75. The van der Waals surface area contributed by atoms with Crippen LogP contribution in [0.25, 0.3) is 0 Å². The molecule has 1 aromatic rings. The number of halogens is 1. The first-order chi connectivity index (χ1) is 6.65. The Hall–Kier alpha value is -1.84. The van der Waals surface area contributed by atoms with Crippen LogP contribution in [0.5, 0.6) is 0 Å². The van der Waals surface area contributed by atoms with E-state index in [1.54, 1.807) is 0 Å². The fourth-order valence-electron chi connectivity index (χ4n) is 0.932. The molecule has 0 radical (unpaired) electrons. The minimum absolute atomic E-state index is 0.0686. The SMILES string of the molecule is C=CCOC(=O)c1ccc(F)cc1N. The van der Waals surface area contributed by atoms with E-state index in [4.69, 9.17) is 10.5 Å². The van der Waals surface area contributed by atoms with Gasteiger partial charge >= 0.3 is 5.97 Å². The zero-order valence-electron chi connectivity index (χ0n) is 7.50. The summed E-state index contributed by atoms with van der Waals surface area (Å²) in [5.74, 6) is -1.06. The Balaban J connectivity index is 2.84. The van der Waals surface area contributed by atoms with Crippen molar-refractivity contribution in [2.24, 2.45) is 0 Å². The van der Waals surface area contributed by atoms with Gasteiger partial charge in [0.15, 0.2) is 0 Å². The third kappa shape index (κ3) is 2.32. The molecule has 1 aromatic carbocycles. The Morgan fingerprint density at radius 1 is 1.64 bits per heavy atom. The Morgan fingerprint density at radius 3 is 2.93 bits per heavy atom. The van der Waals surface area contributed by atoms with E-state index in [0.29, 0.717) is 0 Å². The number of nitrogen functional groups attached to an aromatic ring is 1. The topological polar surface area (TPSA) is 52.3 Å². The summed E-state index contributed by atoms with van der Waals surface area (Å²) in [7, 11) is 0. The second kappa shape index (κ2) is 4.41. The van der Waals surface area contributed by atoms with Gasteiger partial charge < -0.3 is 10.5 Å². The zero-order valence-corrected chi connectivity index (χ0v) is 7.50. The average Bonchev–Trinajstić information content (AvgIpc) is 2.14. The molecule has 0 saturated carbocycles. The van der Waals surface area contributed by atoms with Crippen molar-refractivity contribution < 1.29 is 13.9 Å². The number of ether oxygens (including phenoxy) is 1. The van der Waals surface area contributed by atoms with Crippen LogP contribution in [0, 0.1) is 5.82 Å². The maximum absolute atomic E-state index is 12.6. The molecule has 74 valence electrons. The van der Waals surface area contributed by atoms with Crippen LogP contribution in [-0.2, 0) is 4.74 Å². The smallest absolute Gasteiger partial charge is 0.340 e. The van der Waals surface area contributed by atoms with Gasteiger partial charge in [0.1, 0.15) is 12.4 Å². The number of hydrogen-bond donors (Lipinski definition) is 1. The van der Waals surface area contributed by atoms with Crippen molar-refractivity contribution in [3.63, 3.8) is 0 Å². The second-order valence-corrected chi connectivity index (χ2v) is 2.62. The summed E-state index contributed by atoms with van der Waals surface area (Å²) in [6, 6.07) is 3.52. The van der Waals surface area contributed by atoms with Gasteiger partial charge in [0.05, 0.1) is 5.56 Å². The van der Waals surface area contributed by atoms with E-state index < -0.39 is 11.8 Å². The molecule has 0 saturated heterocycles. The van der Waals surface area contributed by atoms with Crippen LogP contribution in [0.2, 0.25) is 0 Å². The fraction of sp³-hybridized carbons (Fsp3) is 0.100. The Labute approximate surface area is 81.0 Å². The molecule has 14 heavy (non-hydrogen) atoms. The Morgan fingerprint density at radius 2 is 2.36 bits per heavy atom. The summed E-state index contributed by atoms with van der Waals surface area (Å²) in [5, 5.41) is 0. The largest absolute Gasteiger partial charge is 0.458 e. The van der Waals surface area contributed by atoms with Gasteiger partial charge in [-0.3, -0.25) is 0 Å². The standard InChI is InChI=1S/C10H10FNO2/c1-2-5-14-10(13)8-4-3-7(11)6-9(8)12/h2-4,6H,1,5,12H2. The van der Waals surface area contributed by atoms with Gasteiger partial charge in [0, 0.05) is 5.69 Å². The maximum atomic E-state index is 12.6. The third-order valence-corrected chi connectivity index (χ3v) is 1.57. The number of benzene rings is 1. The van der Waals surface area contributed by atoms with Gasteiger partial charge in [-0.25, -0.2) is 9.18 Å². The summed E-state index contributed by atoms with van der Waals surface area (Å²) < 4.78 is 17.4. The minimum atomic E-state index is -0.581. The van der Waals surface area contributed by atoms with E-state index in [2.05, 4.69) is 6.58 Å². The lowest BCUT2D eigenvalue weighted by atomic mass is 10.2. The molecule has 0 spiro atoms. The first kappa shape index (κ1) is 10.2. The van der Waals surface area contributed by atoms with E-state index >= 15 is 0 Å². The van der Waals surface area contributed by atoms with Crippen LogP contribution in [0.3, 0.4) is 0 Å². The van der Waals surface area contributed by atoms with Crippen LogP contribution >= 0.6 is 0 Å². The molecular weight excluding hydrogens is 185 g/mol. The summed E-state index contributed by atoms with van der Waals surface area (Å²) in [6.45, 7) is 3.50. The summed E-state index contributed by atoms with van der Waals surface area (Å²) >= 11 is 0. The number of nitrogens with two attached hydrogens (primary N) is 1. The molecule has 0 amide bonds. The molecule has 4 heteroatoms. The van der Waals surface area contributed by atoms with Crippen LogP contribution in [-0.4, -0.2) is 12.6 Å². The number of hydrogen-bond acceptors (Lipinski definition) is 3. The molecule has 0 aliphatic carbocycles.